The Bertz CT molecular complexity index is 1220. The molecule has 1 N–H and O–H groups in total. The predicted octanol–water partition coefficient (Wildman–Crippen LogP) is 5.29. The van der Waals surface area contributed by atoms with Gasteiger partial charge in [0.2, 0.25) is 5.91 Å². The van der Waals surface area contributed by atoms with Gasteiger partial charge in [-0.2, -0.15) is 0 Å². The van der Waals surface area contributed by atoms with Gasteiger partial charge in [-0.3, -0.25) is 14.5 Å². The number of thiophene rings is 1. The molecule has 1 atom stereocenters. The van der Waals surface area contributed by atoms with Crippen LogP contribution in [0.25, 0.3) is 0 Å². The first-order valence-electron chi connectivity index (χ1n) is 10.9. The number of anilines is 1. The SMILES string of the molecule is COc1ccc(CNC(=O)C(c2ccco2)N(C(=O)Cc2cccs2)c2cccc(C)c2)cc1. The van der Waals surface area contributed by atoms with E-state index in [-0.39, 0.29) is 18.2 Å². The number of nitrogens with one attached hydrogen (secondary N) is 1. The zero-order chi connectivity index (χ0) is 23.9. The molecule has 34 heavy (non-hydrogen) atoms. The van der Waals surface area contributed by atoms with Gasteiger partial charge in [0.25, 0.3) is 5.91 Å². The number of nitrogens with zero attached hydrogens (tertiary/aromatic N) is 1. The first-order chi connectivity index (χ1) is 16.5. The molecule has 6 nitrogen and oxygen atoms in total. The van der Waals surface area contributed by atoms with Crippen LogP contribution in [0.2, 0.25) is 0 Å². The van der Waals surface area contributed by atoms with Crippen molar-refractivity contribution in [1.29, 1.82) is 0 Å². The smallest absolute Gasteiger partial charge is 0.251 e. The second-order valence-electron chi connectivity index (χ2n) is 7.84. The van der Waals surface area contributed by atoms with Crippen molar-refractivity contribution in [3.8, 4) is 5.75 Å². The monoisotopic (exact) mass is 474 g/mol. The van der Waals surface area contributed by atoms with E-state index in [0.717, 1.165) is 21.8 Å². The van der Waals surface area contributed by atoms with E-state index < -0.39 is 6.04 Å². The molecule has 0 aliphatic heterocycles. The molecule has 7 heteroatoms. The van der Waals surface area contributed by atoms with E-state index in [1.165, 1.54) is 22.5 Å². The summed E-state index contributed by atoms with van der Waals surface area (Å²) < 4.78 is 10.8. The predicted molar refractivity (Wildman–Crippen MR) is 133 cm³/mol. The fourth-order valence-corrected chi connectivity index (χ4v) is 4.41. The quantitative estimate of drug-likeness (QED) is 0.358. The van der Waals surface area contributed by atoms with Crippen molar-refractivity contribution in [2.45, 2.75) is 25.9 Å². The Hall–Kier alpha value is -3.84. The molecule has 174 valence electrons. The molecule has 0 fully saturated rings. The molecule has 2 heterocycles. The van der Waals surface area contributed by atoms with Gasteiger partial charge >= 0.3 is 0 Å². The highest BCUT2D eigenvalue weighted by molar-refractivity contribution is 7.10. The maximum Gasteiger partial charge on any atom is 0.251 e. The summed E-state index contributed by atoms with van der Waals surface area (Å²) in [5.41, 5.74) is 2.55. The molecule has 0 bridgehead atoms. The Morgan fingerprint density at radius 1 is 1.06 bits per heavy atom. The largest absolute Gasteiger partial charge is 0.497 e. The Kier molecular flexibility index (Phi) is 7.44. The summed E-state index contributed by atoms with van der Waals surface area (Å²) in [5.74, 6) is 0.627. The molecule has 0 saturated carbocycles. The van der Waals surface area contributed by atoms with Crippen molar-refractivity contribution < 1.29 is 18.7 Å². The van der Waals surface area contributed by atoms with Gasteiger partial charge in [0.1, 0.15) is 11.5 Å². The standard InChI is InChI=1S/C27H26N2O4S/c1-19-6-3-7-21(16-19)29(25(30)17-23-8-5-15-34-23)26(24-9-4-14-33-24)27(31)28-18-20-10-12-22(32-2)13-11-20/h3-16,26H,17-18H2,1-2H3,(H,28,31). The second kappa shape index (κ2) is 10.9. The zero-order valence-corrected chi connectivity index (χ0v) is 19.9. The minimum Gasteiger partial charge on any atom is -0.497 e. The number of methoxy groups -OCH3 is 1. The number of carbonyl (C=O) groups excluding carboxylic acids is 2. The van der Waals surface area contributed by atoms with E-state index in [4.69, 9.17) is 9.15 Å². The van der Waals surface area contributed by atoms with Crippen LogP contribution in [-0.2, 0) is 22.6 Å². The van der Waals surface area contributed by atoms with E-state index in [1.807, 2.05) is 73.0 Å². The Labute approximate surface area is 202 Å². The van der Waals surface area contributed by atoms with Gasteiger partial charge in [0.05, 0.1) is 19.8 Å². The molecular formula is C27H26N2O4S. The van der Waals surface area contributed by atoms with Crippen LogP contribution in [0.15, 0.2) is 88.9 Å². The third kappa shape index (κ3) is 5.55. The number of furan rings is 1. The van der Waals surface area contributed by atoms with Crippen LogP contribution in [0.3, 0.4) is 0 Å². The molecule has 2 aromatic carbocycles. The van der Waals surface area contributed by atoms with Gasteiger partial charge in [-0.05, 0) is 65.9 Å². The maximum absolute atomic E-state index is 13.6. The number of amides is 2. The van der Waals surface area contributed by atoms with E-state index in [0.29, 0.717) is 18.0 Å². The van der Waals surface area contributed by atoms with E-state index in [1.54, 1.807) is 19.2 Å². The van der Waals surface area contributed by atoms with Gasteiger partial charge in [0.15, 0.2) is 6.04 Å². The lowest BCUT2D eigenvalue weighted by Gasteiger charge is -2.30. The molecule has 0 spiro atoms. The number of aryl methyl sites for hydroxylation is 1. The summed E-state index contributed by atoms with van der Waals surface area (Å²) in [6, 6.07) is 21.4. The first-order valence-corrected chi connectivity index (χ1v) is 11.8. The van der Waals surface area contributed by atoms with Crippen LogP contribution in [0.1, 0.15) is 27.8 Å². The normalized spacial score (nSPS) is 11.6. The highest BCUT2D eigenvalue weighted by Gasteiger charge is 2.34. The number of benzene rings is 2. The zero-order valence-electron chi connectivity index (χ0n) is 19.1. The van der Waals surface area contributed by atoms with Crippen molar-refractivity contribution in [3.05, 3.63) is 106 Å². The van der Waals surface area contributed by atoms with Crippen molar-refractivity contribution >= 4 is 28.8 Å². The van der Waals surface area contributed by atoms with Crippen molar-refractivity contribution in [3.63, 3.8) is 0 Å². The summed E-state index contributed by atoms with van der Waals surface area (Å²) in [5, 5.41) is 4.91. The molecule has 0 saturated heterocycles. The van der Waals surface area contributed by atoms with Crippen molar-refractivity contribution in [2.75, 3.05) is 12.0 Å². The van der Waals surface area contributed by atoms with Gasteiger partial charge in [-0.15, -0.1) is 11.3 Å². The lowest BCUT2D eigenvalue weighted by molar-refractivity contribution is -0.127. The van der Waals surface area contributed by atoms with Crippen LogP contribution in [0.4, 0.5) is 5.69 Å². The molecule has 4 aromatic rings. The fourth-order valence-electron chi connectivity index (χ4n) is 3.71. The number of carbonyl (C=O) groups is 2. The molecule has 2 amide bonds. The fraction of sp³-hybridized carbons (Fsp3) is 0.185. The Morgan fingerprint density at radius 2 is 1.88 bits per heavy atom. The van der Waals surface area contributed by atoms with Gasteiger partial charge in [-0.1, -0.05) is 30.3 Å². The molecular weight excluding hydrogens is 448 g/mol. The van der Waals surface area contributed by atoms with E-state index >= 15 is 0 Å². The molecule has 0 aliphatic carbocycles. The third-order valence-electron chi connectivity index (χ3n) is 5.40. The summed E-state index contributed by atoms with van der Waals surface area (Å²) in [6.45, 7) is 2.26. The van der Waals surface area contributed by atoms with Crippen molar-refractivity contribution in [2.24, 2.45) is 0 Å². The molecule has 0 aliphatic rings. The average Bonchev–Trinajstić information content (AvgIpc) is 3.56. The Morgan fingerprint density at radius 3 is 2.53 bits per heavy atom. The highest BCUT2D eigenvalue weighted by atomic mass is 32.1. The summed E-state index contributed by atoms with van der Waals surface area (Å²) in [6.07, 6.45) is 1.70. The van der Waals surface area contributed by atoms with Gasteiger partial charge < -0.3 is 14.5 Å². The summed E-state index contributed by atoms with van der Waals surface area (Å²) >= 11 is 1.51. The highest BCUT2D eigenvalue weighted by Crippen LogP contribution is 2.30. The van der Waals surface area contributed by atoms with Crippen LogP contribution < -0.4 is 15.0 Å². The van der Waals surface area contributed by atoms with Crippen LogP contribution in [0.5, 0.6) is 5.75 Å². The van der Waals surface area contributed by atoms with Crippen LogP contribution in [0, 0.1) is 6.92 Å². The maximum atomic E-state index is 13.6. The molecule has 0 radical (unpaired) electrons. The lowest BCUT2D eigenvalue weighted by Crippen LogP contribution is -2.44. The van der Waals surface area contributed by atoms with Gasteiger partial charge in [0, 0.05) is 17.1 Å². The number of hydrogen-bond acceptors (Lipinski definition) is 5. The molecule has 1 unspecified atom stereocenters. The Balaban J connectivity index is 1.65. The molecule has 2 aromatic heterocycles. The molecule has 4 rings (SSSR count). The van der Waals surface area contributed by atoms with E-state index in [2.05, 4.69) is 5.32 Å². The summed E-state index contributed by atoms with van der Waals surface area (Å²) in [7, 11) is 1.61. The number of rotatable bonds is 9. The minimum atomic E-state index is -0.956. The second-order valence-corrected chi connectivity index (χ2v) is 8.87. The number of ether oxygens (including phenoxy) is 1. The van der Waals surface area contributed by atoms with E-state index in [9.17, 15) is 9.59 Å². The summed E-state index contributed by atoms with van der Waals surface area (Å²) in [4.78, 5) is 29.6. The van der Waals surface area contributed by atoms with Crippen LogP contribution >= 0.6 is 11.3 Å². The number of hydrogen-bond donors (Lipinski definition) is 1. The average molecular weight is 475 g/mol. The van der Waals surface area contributed by atoms with Crippen LogP contribution in [-0.4, -0.2) is 18.9 Å². The lowest BCUT2D eigenvalue weighted by atomic mass is 10.1. The topological polar surface area (TPSA) is 71.8 Å². The van der Waals surface area contributed by atoms with Crippen molar-refractivity contribution in [1.82, 2.24) is 5.32 Å². The third-order valence-corrected chi connectivity index (χ3v) is 6.28. The minimum absolute atomic E-state index is 0.186. The first kappa shape index (κ1) is 23.3. The van der Waals surface area contributed by atoms with Gasteiger partial charge in [-0.25, -0.2) is 0 Å².